The van der Waals surface area contributed by atoms with Crippen LogP contribution in [0, 0.1) is 0 Å². The molecule has 0 saturated heterocycles. The van der Waals surface area contributed by atoms with Gasteiger partial charge in [-0.05, 0) is 6.08 Å². The molecule has 2 rings (SSSR count). The number of thiazole rings is 1. The van der Waals surface area contributed by atoms with E-state index < -0.39 is 0 Å². The van der Waals surface area contributed by atoms with Crippen LogP contribution < -0.4 is 0 Å². The smallest absolute Gasteiger partial charge is 0.120 e. The van der Waals surface area contributed by atoms with Crippen molar-refractivity contribution < 1.29 is 5.11 Å². The number of rotatable bonds is 2. The lowest BCUT2D eigenvalue weighted by Crippen LogP contribution is -1.71. The van der Waals surface area contributed by atoms with E-state index in [-0.39, 0.29) is 6.61 Å². The van der Waals surface area contributed by atoms with Crippen molar-refractivity contribution in [3.63, 3.8) is 0 Å². The van der Waals surface area contributed by atoms with Crippen LogP contribution in [0.3, 0.4) is 0 Å². The summed E-state index contributed by atoms with van der Waals surface area (Å²) < 4.78 is 1.96. The molecule has 0 bridgehead atoms. The first-order valence-corrected chi connectivity index (χ1v) is 4.40. The highest BCUT2D eigenvalue weighted by atomic mass is 32.1. The van der Waals surface area contributed by atoms with Gasteiger partial charge >= 0.3 is 0 Å². The molecule has 0 aliphatic heterocycles. The van der Waals surface area contributed by atoms with Gasteiger partial charge in [0.2, 0.25) is 0 Å². The predicted octanol–water partition coefficient (Wildman–Crippen LogP) is 1.40. The van der Waals surface area contributed by atoms with Gasteiger partial charge < -0.3 is 5.11 Å². The fourth-order valence-corrected chi connectivity index (χ4v) is 1.89. The minimum Gasteiger partial charge on any atom is -0.392 e. The summed E-state index contributed by atoms with van der Waals surface area (Å²) in [4.78, 5) is 6.23. The number of nitrogens with zero attached hydrogens (tertiary/aromatic N) is 2. The fourth-order valence-electron chi connectivity index (χ4n) is 0.999. The van der Waals surface area contributed by atoms with Crippen LogP contribution in [-0.2, 0) is 0 Å². The summed E-state index contributed by atoms with van der Waals surface area (Å²) in [6, 6.07) is 0. The molecule has 0 unspecified atom stereocenters. The molecule has 62 valence electrons. The molecule has 2 heterocycles. The quantitative estimate of drug-likeness (QED) is 0.758. The number of imidazole rings is 1. The molecule has 4 heteroatoms. The first kappa shape index (κ1) is 7.52. The van der Waals surface area contributed by atoms with Crippen molar-refractivity contribution in [3.8, 4) is 0 Å². The molecule has 2 aromatic heterocycles. The second kappa shape index (κ2) is 3.08. The summed E-state index contributed by atoms with van der Waals surface area (Å²) in [7, 11) is 0. The van der Waals surface area contributed by atoms with Crippen molar-refractivity contribution in [1.82, 2.24) is 9.38 Å². The molecule has 0 atom stereocenters. The molecule has 0 aromatic carbocycles. The number of aliphatic hydroxyl groups excluding tert-OH is 1. The highest BCUT2D eigenvalue weighted by Gasteiger charge is 1.96. The number of aliphatic hydroxyl groups is 1. The lowest BCUT2D eigenvalue weighted by Gasteiger charge is -1.79. The van der Waals surface area contributed by atoms with E-state index in [9.17, 15) is 0 Å². The molecule has 0 saturated carbocycles. The number of hydrogen-bond donors (Lipinski definition) is 1. The third-order valence-electron chi connectivity index (χ3n) is 1.51. The highest BCUT2D eigenvalue weighted by Crippen LogP contribution is 2.18. The van der Waals surface area contributed by atoms with Gasteiger partial charge in [-0.3, -0.25) is 4.40 Å². The average molecular weight is 180 g/mol. The number of aromatic nitrogens is 2. The normalized spacial score (nSPS) is 11.8. The van der Waals surface area contributed by atoms with E-state index in [1.54, 1.807) is 23.7 Å². The molecule has 0 fully saturated rings. The minimum absolute atomic E-state index is 0.0883. The summed E-state index contributed by atoms with van der Waals surface area (Å²) >= 11 is 1.65. The van der Waals surface area contributed by atoms with Gasteiger partial charge in [0.1, 0.15) is 4.83 Å². The van der Waals surface area contributed by atoms with Gasteiger partial charge in [-0.25, -0.2) is 4.98 Å². The van der Waals surface area contributed by atoms with E-state index in [2.05, 4.69) is 4.98 Å². The van der Waals surface area contributed by atoms with Crippen LogP contribution in [0.15, 0.2) is 24.8 Å². The molecule has 1 N–H and O–H groups in total. The van der Waals surface area contributed by atoms with Gasteiger partial charge in [-0.15, -0.1) is 11.3 Å². The highest BCUT2D eigenvalue weighted by molar-refractivity contribution is 7.18. The summed E-state index contributed by atoms with van der Waals surface area (Å²) in [5.41, 5.74) is 0. The Hall–Kier alpha value is -1.13. The van der Waals surface area contributed by atoms with E-state index in [1.807, 2.05) is 22.9 Å². The minimum atomic E-state index is 0.0883. The topological polar surface area (TPSA) is 37.5 Å². The number of hydrogen-bond acceptors (Lipinski definition) is 3. The van der Waals surface area contributed by atoms with E-state index in [1.165, 1.54) is 0 Å². The molecule has 3 nitrogen and oxygen atoms in total. The van der Waals surface area contributed by atoms with Gasteiger partial charge in [-0.1, -0.05) is 6.08 Å². The Bertz CT molecular complexity index is 373. The summed E-state index contributed by atoms with van der Waals surface area (Å²) in [6.45, 7) is 0.0883. The van der Waals surface area contributed by atoms with E-state index in [0.717, 1.165) is 9.71 Å². The maximum Gasteiger partial charge on any atom is 0.120 e. The predicted molar refractivity (Wildman–Crippen MR) is 49.2 cm³/mol. The van der Waals surface area contributed by atoms with Gasteiger partial charge in [-0.2, -0.15) is 0 Å². The maximum atomic E-state index is 8.55. The van der Waals surface area contributed by atoms with E-state index in [4.69, 9.17) is 5.11 Å². The van der Waals surface area contributed by atoms with Gasteiger partial charge in [0.25, 0.3) is 0 Å². The second-order valence-electron chi connectivity index (χ2n) is 2.36. The zero-order chi connectivity index (χ0) is 8.39. The molecule has 0 spiro atoms. The van der Waals surface area contributed by atoms with Crippen molar-refractivity contribution in [3.05, 3.63) is 29.7 Å². The first-order chi connectivity index (χ1) is 5.90. The lowest BCUT2D eigenvalue weighted by molar-refractivity contribution is 0.343. The Morgan fingerprint density at radius 1 is 1.67 bits per heavy atom. The zero-order valence-electron chi connectivity index (χ0n) is 6.34. The molecular weight excluding hydrogens is 172 g/mol. The van der Waals surface area contributed by atoms with Crippen molar-refractivity contribution in [2.24, 2.45) is 0 Å². The summed E-state index contributed by atoms with van der Waals surface area (Å²) in [5.74, 6) is 0. The van der Waals surface area contributed by atoms with E-state index >= 15 is 0 Å². The molecule has 0 aliphatic rings. The van der Waals surface area contributed by atoms with Gasteiger partial charge in [0, 0.05) is 11.1 Å². The van der Waals surface area contributed by atoms with Crippen LogP contribution >= 0.6 is 11.3 Å². The fraction of sp³-hybridized carbons (Fsp3) is 0.125. The van der Waals surface area contributed by atoms with Crippen LogP contribution in [0.4, 0.5) is 0 Å². The van der Waals surface area contributed by atoms with Gasteiger partial charge in [0.15, 0.2) is 0 Å². The SMILES string of the molecule is OC/C=C/c1cn2cncc2s1. The van der Waals surface area contributed by atoms with Crippen LogP contribution in [0.1, 0.15) is 4.88 Å². The van der Waals surface area contributed by atoms with Crippen molar-refractivity contribution in [2.75, 3.05) is 6.61 Å². The Balaban J connectivity index is 2.38. The third-order valence-corrected chi connectivity index (χ3v) is 2.51. The third kappa shape index (κ3) is 1.26. The molecule has 0 aliphatic carbocycles. The van der Waals surface area contributed by atoms with Crippen LogP contribution in [0.2, 0.25) is 0 Å². The molecule has 0 radical (unpaired) electrons. The van der Waals surface area contributed by atoms with Crippen LogP contribution in [0.25, 0.3) is 10.9 Å². The lowest BCUT2D eigenvalue weighted by atomic mass is 10.4. The van der Waals surface area contributed by atoms with Crippen LogP contribution in [0.5, 0.6) is 0 Å². The van der Waals surface area contributed by atoms with Crippen molar-refractivity contribution in [2.45, 2.75) is 0 Å². The Morgan fingerprint density at radius 2 is 2.58 bits per heavy atom. The number of fused-ring (bicyclic) bond motifs is 1. The molecule has 2 aromatic rings. The van der Waals surface area contributed by atoms with Crippen molar-refractivity contribution in [1.29, 1.82) is 0 Å². The Morgan fingerprint density at radius 3 is 3.33 bits per heavy atom. The van der Waals surface area contributed by atoms with Gasteiger partial charge in [0.05, 0.1) is 19.1 Å². The summed E-state index contributed by atoms with van der Waals surface area (Å²) in [5, 5.41) is 8.55. The summed E-state index contributed by atoms with van der Waals surface area (Å²) in [6.07, 6.45) is 9.19. The molecular formula is C8H8N2OS. The first-order valence-electron chi connectivity index (χ1n) is 3.59. The maximum absolute atomic E-state index is 8.55. The zero-order valence-corrected chi connectivity index (χ0v) is 7.16. The largest absolute Gasteiger partial charge is 0.392 e. The second-order valence-corrected chi connectivity index (χ2v) is 3.45. The molecule has 0 amide bonds. The van der Waals surface area contributed by atoms with Crippen molar-refractivity contribution >= 4 is 22.2 Å². The molecule has 12 heavy (non-hydrogen) atoms. The monoisotopic (exact) mass is 180 g/mol. The Kier molecular flexibility index (Phi) is 1.93. The van der Waals surface area contributed by atoms with E-state index in [0.29, 0.717) is 0 Å². The average Bonchev–Trinajstić information content (AvgIpc) is 2.58. The Labute approximate surface area is 73.6 Å². The standard InChI is InChI=1S/C8H8N2OS/c11-3-1-2-7-5-10-6-9-4-8(10)12-7/h1-2,4-6,11H,3H2/b2-1+. The van der Waals surface area contributed by atoms with Crippen LogP contribution in [-0.4, -0.2) is 21.1 Å².